The standard InChI is InChI=1S/C47H76N2O7/c1-29(2)39-33(51)25-47(36(52)28-49(27-31-13-12-14-31)24-23-48(11)30(3)50)22-21-45(9)32(40(39)47)15-16-35-44(8)19-18-37(56-38(53)26-42(4,5)41(54)55)43(6,7)34(44)17-20-46(35,45)10/h29,31-32,34-37,52H,12-28H2,1-11H3,(H,54,55). The number of likely N-dealkylation sites (N-methyl/N-ethyl adjacent to an activating group) is 1. The summed E-state index contributed by atoms with van der Waals surface area (Å²) in [6, 6.07) is 0. The largest absolute Gasteiger partial charge is 0.481 e. The maximum atomic E-state index is 14.3. The second kappa shape index (κ2) is 15.1. The van der Waals surface area contributed by atoms with E-state index < -0.39 is 28.9 Å². The van der Waals surface area contributed by atoms with E-state index in [-0.39, 0.29) is 57.7 Å². The molecule has 5 saturated carbocycles. The van der Waals surface area contributed by atoms with Gasteiger partial charge in [0.2, 0.25) is 5.91 Å². The molecule has 6 aliphatic rings. The zero-order chi connectivity index (χ0) is 41.4. The number of ketones is 1. The number of rotatable bonds is 13. The SMILES string of the molecule is CC(=O)N(C)CCN(CC1CCC1)CC(O)C12CCC3(C)C(CCC4C5(C)CCC(OC(=O)CC(C)(C)C(=O)O)C(C)(C)C5CCC43C)C1=C(C(C)C)C(=O)C2. The summed E-state index contributed by atoms with van der Waals surface area (Å²) in [6.07, 6.45) is 10.8. The van der Waals surface area contributed by atoms with Crippen molar-refractivity contribution >= 4 is 23.6 Å². The number of carboxylic acid groups (broad SMARTS) is 1. The molecule has 0 bridgehead atoms. The first-order valence-electron chi connectivity index (χ1n) is 22.3. The lowest BCUT2D eigenvalue weighted by Gasteiger charge is -2.72. The van der Waals surface area contributed by atoms with Gasteiger partial charge in [-0.25, -0.2) is 0 Å². The number of hydrogen-bond acceptors (Lipinski definition) is 7. The molecular weight excluding hydrogens is 705 g/mol. The minimum atomic E-state index is -1.17. The van der Waals surface area contributed by atoms with Crippen molar-refractivity contribution in [1.82, 2.24) is 9.80 Å². The quantitative estimate of drug-likeness (QED) is 0.179. The third-order valence-electron chi connectivity index (χ3n) is 18.0. The van der Waals surface area contributed by atoms with E-state index in [4.69, 9.17) is 4.74 Å². The van der Waals surface area contributed by atoms with Crippen LogP contribution >= 0.6 is 0 Å². The van der Waals surface area contributed by atoms with Crippen LogP contribution in [0.2, 0.25) is 0 Å². The average Bonchev–Trinajstić information content (AvgIpc) is 3.39. The molecule has 5 fully saturated rings. The van der Waals surface area contributed by atoms with Gasteiger partial charge in [-0.3, -0.25) is 24.1 Å². The molecule has 9 atom stereocenters. The summed E-state index contributed by atoms with van der Waals surface area (Å²) in [7, 11) is 1.85. The zero-order valence-electron chi connectivity index (χ0n) is 36.9. The number of esters is 1. The fourth-order valence-electron chi connectivity index (χ4n) is 14.1. The molecule has 0 spiro atoms. The Morgan fingerprint density at radius 2 is 1.57 bits per heavy atom. The van der Waals surface area contributed by atoms with E-state index in [1.165, 1.54) is 24.8 Å². The molecule has 316 valence electrons. The Kier molecular flexibility index (Phi) is 11.7. The Hall–Kier alpha value is -2.26. The minimum Gasteiger partial charge on any atom is -0.481 e. The zero-order valence-corrected chi connectivity index (χ0v) is 36.9. The molecule has 2 N–H and O–H groups in total. The summed E-state index contributed by atoms with van der Waals surface area (Å²) in [5.74, 6) is 0.687. The van der Waals surface area contributed by atoms with Crippen LogP contribution in [0.3, 0.4) is 0 Å². The minimum absolute atomic E-state index is 0.0289. The van der Waals surface area contributed by atoms with Crippen LogP contribution in [0.25, 0.3) is 0 Å². The molecule has 9 nitrogen and oxygen atoms in total. The molecule has 1 amide bonds. The van der Waals surface area contributed by atoms with Gasteiger partial charge in [0.05, 0.1) is 17.9 Å². The molecule has 0 aliphatic heterocycles. The van der Waals surface area contributed by atoms with E-state index in [0.717, 1.165) is 70.0 Å². The number of aliphatic hydroxyl groups excluding tert-OH is 1. The molecule has 0 aromatic rings. The van der Waals surface area contributed by atoms with Crippen molar-refractivity contribution < 1.29 is 34.1 Å². The highest BCUT2D eigenvalue weighted by atomic mass is 16.5. The van der Waals surface area contributed by atoms with Crippen molar-refractivity contribution in [3.63, 3.8) is 0 Å². The number of aliphatic carboxylic acids is 1. The molecular formula is C47H76N2O7. The summed E-state index contributed by atoms with van der Waals surface area (Å²) in [4.78, 5) is 55.5. The van der Waals surface area contributed by atoms with Crippen molar-refractivity contribution in [2.75, 3.05) is 33.2 Å². The van der Waals surface area contributed by atoms with Crippen molar-refractivity contribution in [3.05, 3.63) is 11.1 Å². The summed E-state index contributed by atoms with van der Waals surface area (Å²) >= 11 is 0. The van der Waals surface area contributed by atoms with Gasteiger partial charge in [0, 0.05) is 57.4 Å². The lowest BCUT2D eigenvalue weighted by atomic mass is 9.33. The number of allylic oxidation sites excluding steroid dienone is 1. The fourth-order valence-corrected chi connectivity index (χ4v) is 14.1. The Bertz CT molecular complexity index is 1600. The van der Waals surface area contributed by atoms with Gasteiger partial charge in [-0.05, 0) is 129 Å². The topological polar surface area (TPSA) is 124 Å². The number of fused-ring (bicyclic) bond motifs is 7. The Labute approximate surface area is 338 Å². The molecule has 6 rings (SSSR count). The van der Waals surface area contributed by atoms with E-state index in [1.54, 1.807) is 25.7 Å². The van der Waals surface area contributed by atoms with E-state index in [2.05, 4.69) is 53.4 Å². The lowest BCUT2D eigenvalue weighted by Crippen LogP contribution is -2.66. The summed E-state index contributed by atoms with van der Waals surface area (Å²) in [6.45, 7) is 24.1. The molecule has 9 unspecified atom stereocenters. The predicted molar refractivity (Wildman–Crippen MR) is 218 cm³/mol. The second-order valence-electron chi connectivity index (χ2n) is 22.1. The number of Topliss-reactive ketones (excluding diaryl/α,β-unsaturated/α-hetero) is 1. The van der Waals surface area contributed by atoms with Gasteiger partial charge in [-0.2, -0.15) is 0 Å². The molecule has 0 aromatic carbocycles. The number of nitrogens with zero attached hydrogens (tertiary/aromatic N) is 2. The Balaban J connectivity index is 1.27. The first-order valence-corrected chi connectivity index (χ1v) is 22.3. The van der Waals surface area contributed by atoms with Gasteiger partial charge < -0.3 is 19.8 Å². The third kappa shape index (κ3) is 7.02. The normalized spacial score (nSPS) is 37.3. The molecule has 0 radical (unpaired) electrons. The van der Waals surface area contributed by atoms with Crippen LogP contribution < -0.4 is 0 Å². The van der Waals surface area contributed by atoms with Crippen molar-refractivity contribution in [3.8, 4) is 0 Å². The molecule has 0 saturated heterocycles. The molecule has 56 heavy (non-hydrogen) atoms. The van der Waals surface area contributed by atoms with Crippen LogP contribution in [0, 0.1) is 62.1 Å². The molecule has 0 aromatic heterocycles. The van der Waals surface area contributed by atoms with Crippen LogP contribution in [0.1, 0.15) is 153 Å². The van der Waals surface area contributed by atoms with Crippen molar-refractivity contribution in [2.24, 2.45) is 62.1 Å². The number of carboxylic acids is 1. The maximum absolute atomic E-state index is 14.3. The van der Waals surface area contributed by atoms with Crippen LogP contribution in [-0.4, -0.2) is 89.1 Å². The number of hydrogen-bond donors (Lipinski definition) is 2. The van der Waals surface area contributed by atoms with E-state index in [9.17, 15) is 29.4 Å². The third-order valence-corrected chi connectivity index (χ3v) is 18.0. The predicted octanol–water partition coefficient (Wildman–Crippen LogP) is 8.32. The fraction of sp³-hybridized carbons (Fsp3) is 0.872. The smallest absolute Gasteiger partial charge is 0.309 e. The van der Waals surface area contributed by atoms with Crippen LogP contribution in [0.5, 0.6) is 0 Å². The maximum Gasteiger partial charge on any atom is 0.309 e. The summed E-state index contributed by atoms with van der Waals surface area (Å²) in [5.41, 5.74) is 0.393. The van der Waals surface area contributed by atoms with Crippen LogP contribution in [-0.2, 0) is 23.9 Å². The highest BCUT2D eigenvalue weighted by Gasteiger charge is 2.71. The second-order valence-corrected chi connectivity index (χ2v) is 22.1. The van der Waals surface area contributed by atoms with Crippen molar-refractivity contribution in [2.45, 2.75) is 165 Å². The number of ether oxygens (including phenoxy) is 1. The van der Waals surface area contributed by atoms with Gasteiger partial charge in [0.25, 0.3) is 0 Å². The van der Waals surface area contributed by atoms with E-state index in [1.807, 2.05) is 7.05 Å². The average molecular weight is 781 g/mol. The first-order chi connectivity index (χ1) is 25.9. The van der Waals surface area contributed by atoms with Gasteiger partial charge in [-0.1, -0.05) is 60.5 Å². The van der Waals surface area contributed by atoms with Gasteiger partial charge in [0.15, 0.2) is 5.78 Å². The number of aliphatic hydroxyl groups is 1. The molecule has 9 heteroatoms. The molecule has 0 heterocycles. The van der Waals surface area contributed by atoms with Gasteiger partial charge >= 0.3 is 11.9 Å². The monoisotopic (exact) mass is 781 g/mol. The van der Waals surface area contributed by atoms with E-state index in [0.29, 0.717) is 37.3 Å². The van der Waals surface area contributed by atoms with Crippen LogP contribution in [0.4, 0.5) is 0 Å². The Morgan fingerprint density at radius 1 is 0.893 bits per heavy atom. The highest BCUT2D eigenvalue weighted by molar-refractivity contribution is 6.00. The van der Waals surface area contributed by atoms with Crippen LogP contribution in [0.15, 0.2) is 11.1 Å². The number of carbonyl (C=O) groups is 4. The number of carbonyl (C=O) groups excluding carboxylic acids is 3. The number of amides is 1. The van der Waals surface area contributed by atoms with Gasteiger partial charge in [0.1, 0.15) is 6.10 Å². The molecule has 6 aliphatic carbocycles. The summed E-state index contributed by atoms with van der Waals surface area (Å²) in [5, 5.41) is 22.3. The van der Waals surface area contributed by atoms with Gasteiger partial charge in [-0.15, -0.1) is 0 Å². The first kappa shape index (κ1) is 43.3. The lowest BCUT2D eigenvalue weighted by molar-refractivity contribution is -0.235. The van der Waals surface area contributed by atoms with Crippen molar-refractivity contribution in [1.29, 1.82) is 0 Å². The Morgan fingerprint density at radius 3 is 2.16 bits per heavy atom. The summed E-state index contributed by atoms with van der Waals surface area (Å²) < 4.78 is 6.19. The highest BCUT2D eigenvalue weighted by Crippen LogP contribution is 2.77. The van der Waals surface area contributed by atoms with E-state index >= 15 is 0 Å².